The fourth-order valence-electron chi connectivity index (χ4n) is 0.633. The molecule has 1 N–H and O–H groups in total. The maximum absolute atomic E-state index is 5.04. The highest BCUT2D eigenvalue weighted by atomic mass is 32.1. The van der Waals surface area contributed by atoms with Crippen LogP contribution in [0.25, 0.3) is 0 Å². The molecule has 0 atom stereocenters. The molecule has 0 saturated heterocycles. The lowest BCUT2D eigenvalue weighted by Gasteiger charge is -2.14. The maximum atomic E-state index is 5.04. The minimum atomic E-state index is 0.612. The lowest BCUT2D eigenvalue weighted by atomic mass is 10.4. The van der Waals surface area contributed by atoms with Crippen LogP contribution in [0.3, 0.4) is 0 Å². The molecule has 0 radical (unpaired) electrons. The summed E-state index contributed by atoms with van der Waals surface area (Å²) in [5.74, 6) is 0. The van der Waals surface area contributed by atoms with Crippen LogP contribution in [0.4, 0.5) is 0 Å². The number of hydrogen-bond donors (Lipinski definition) is 1. The van der Waals surface area contributed by atoms with Crippen molar-refractivity contribution in [2.45, 2.75) is 0 Å². The van der Waals surface area contributed by atoms with E-state index in [4.69, 9.17) is 17.1 Å². The van der Waals surface area contributed by atoms with Crippen LogP contribution in [-0.2, 0) is 4.84 Å². The second kappa shape index (κ2) is 3.45. The predicted molar refractivity (Wildman–Crippen MR) is 45.1 cm³/mol. The second-order valence-corrected chi connectivity index (χ2v) is 2.36. The highest BCUT2D eigenvalue weighted by Gasteiger charge is 2.06. The van der Waals surface area contributed by atoms with Crippen molar-refractivity contribution in [3.63, 3.8) is 0 Å². The highest BCUT2D eigenvalue weighted by Crippen LogP contribution is 2.00. The van der Waals surface area contributed by atoms with Gasteiger partial charge in [0, 0.05) is 18.8 Å². The molecule has 1 aromatic rings. The number of thiocarbonyl (C=S) groups is 1. The van der Waals surface area contributed by atoms with Gasteiger partial charge in [-0.25, -0.2) is 5.06 Å². The Balaban J connectivity index is 2.70. The van der Waals surface area contributed by atoms with Crippen LogP contribution in [0.1, 0.15) is 5.56 Å². The topological polar surface area (TPSA) is 41.1 Å². The number of aromatic amines is 1. The van der Waals surface area contributed by atoms with Crippen LogP contribution >= 0.6 is 12.2 Å². The molecule has 0 aliphatic rings. The summed E-state index contributed by atoms with van der Waals surface area (Å²) in [6.07, 6.45) is 3.37. The standard InChI is InChI=1S/C6H9N3OS/c1-9(10-2)6(11)5-3-7-8-4-5/h3-4H,1-2H3,(H,7,8). The molecule has 60 valence electrons. The monoisotopic (exact) mass is 171 g/mol. The van der Waals surface area contributed by atoms with Crippen LogP contribution in [0.5, 0.6) is 0 Å². The van der Waals surface area contributed by atoms with E-state index in [0.717, 1.165) is 5.56 Å². The van der Waals surface area contributed by atoms with E-state index < -0.39 is 0 Å². The lowest BCUT2D eigenvalue weighted by molar-refractivity contribution is -0.0385. The molecule has 5 heteroatoms. The van der Waals surface area contributed by atoms with Gasteiger partial charge in [-0.15, -0.1) is 0 Å². The molecule has 0 spiro atoms. The van der Waals surface area contributed by atoms with Crippen LogP contribution in [-0.4, -0.2) is 34.4 Å². The molecule has 0 aromatic carbocycles. The maximum Gasteiger partial charge on any atom is 0.136 e. The smallest absolute Gasteiger partial charge is 0.136 e. The quantitative estimate of drug-likeness (QED) is 0.522. The fraction of sp³-hybridized carbons (Fsp3) is 0.333. The van der Waals surface area contributed by atoms with Gasteiger partial charge in [0.2, 0.25) is 0 Å². The first-order valence-corrected chi connectivity index (χ1v) is 3.47. The Morgan fingerprint density at radius 1 is 1.82 bits per heavy atom. The number of hydrogen-bond acceptors (Lipinski definition) is 3. The molecular weight excluding hydrogens is 162 g/mol. The molecule has 11 heavy (non-hydrogen) atoms. The van der Waals surface area contributed by atoms with E-state index in [-0.39, 0.29) is 0 Å². The van der Waals surface area contributed by atoms with E-state index in [9.17, 15) is 0 Å². The molecule has 0 fully saturated rings. The molecule has 0 aliphatic heterocycles. The zero-order valence-electron chi connectivity index (χ0n) is 6.37. The van der Waals surface area contributed by atoms with E-state index in [1.54, 1.807) is 26.6 Å². The number of rotatable bonds is 2. The molecule has 4 nitrogen and oxygen atoms in total. The zero-order valence-corrected chi connectivity index (χ0v) is 7.18. The van der Waals surface area contributed by atoms with Crippen molar-refractivity contribution in [2.24, 2.45) is 0 Å². The van der Waals surface area contributed by atoms with E-state index in [1.807, 2.05) is 0 Å². The van der Waals surface area contributed by atoms with E-state index >= 15 is 0 Å². The first-order chi connectivity index (χ1) is 5.25. The highest BCUT2D eigenvalue weighted by molar-refractivity contribution is 7.80. The Kier molecular flexibility index (Phi) is 2.56. The first-order valence-electron chi connectivity index (χ1n) is 3.06. The SMILES string of the molecule is CON(C)C(=S)c1cn[nH]c1. The van der Waals surface area contributed by atoms with Crippen LogP contribution in [0.2, 0.25) is 0 Å². The zero-order chi connectivity index (χ0) is 8.27. The van der Waals surface area contributed by atoms with Gasteiger partial charge in [-0.05, 0) is 0 Å². The van der Waals surface area contributed by atoms with Crippen molar-refractivity contribution in [3.8, 4) is 0 Å². The molecule has 0 aliphatic carbocycles. The minimum absolute atomic E-state index is 0.612. The summed E-state index contributed by atoms with van der Waals surface area (Å²) in [7, 11) is 3.31. The van der Waals surface area contributed by atoms with Crippen LogP contribution in [0.15, 0.2) is 12.4 Å². The van der Waals surface area contributed by atoms with Crippen molar-refractivity contribution in [2.75, 3.05) is 14.2 Å². The average molecular weight is 171 g/mol. The summed E-state index contributed by atoms with van der Waals surface area (Å²) in [6.45, 7) is 0. The normalized spacial score (nSPS) is 9.64. The van der Waals surface area contributed by atoms with E-state index in [1.165, 1.54) is 5.06 Å². The van der Waals surface area contributed by atoms with Gasteiger partial charge in [0.15, 0.2) is 0 Å². The second-order valence-electron chi connectivity index (χ2n) is 1.97. The molecule has 0 amide bonds. The Labute approximate surface area is 70.1 Å². The number of H-pyrrole nitrogens is 1. The summed E-state index contributed by atoms with van der Waals surface area (Å²) >= 11 is 5.04. The Bertz CT molecular complexity index is 234. The van der Waals surface area contributed by atoms with Gasteiger partial charge in [-0.2, -0.15) is 5.10 Å². The van der Waals surface area contributed by atoms with Gasteiger partial charge in [-0.1, -0.05) is 12.2 Å². The molecular formula is C6H9N3OS. The number of nitrogens with zero attached hydrogens (tertiary/aromatic N) is 2. The summed E-state index contributed by atoms with van der Waals surface area (Å²) in [6, 6.07) is 0. The van der Waals surface area contributed by atoms with Crippen molar-refractivity contribution in [1.82, 2.24) is 15.3 Å². The Morgan fingerprint density at radius 2 is 2.55 bits per heavy atom. The molecule has 0 saturated carbocycles. The summed E-state index contributed by atoms with van der Waals surface area (Å²) in [4.78, 5) is 5.50. The lowest BCUT2D eigenvalue weighted by Crippen LogP contribution is -2.23. The summed E-state index contributed by atoms with van der Waals surface area (Å²) in [5.41, 5.74) is 0.851. The minimum Gasteiger partial charge on any atom is -0.285 e. The number of nitrogens with one attached hydrogen (secondary N) is 1. The van der Waals surface area contributed by atoms with E-state index in [2.05, 4.69) is 10.2 Å². The third kappa shape index (κ3) is 1.75. The largest absolute Gasteiger partial charge is 0.285 e. The van der Waals surface area contributed by atoms with Gasteiger partial charge in [-0.3, -0.25) is 9.94 Å². The molecule has 1 rings (SSSR count). The third-order valence-corrected chi connectivity index (χ3v) is 1.80. The number of hydroxylamine groups is 2. The van der Waals surface area contributed by atoms with Crippen molar-refractivity contribution < 1.29 is 4.84 Å². The molecule has 0 bridgehead atoms. The number of aromatic nitrogens is 2. The Hall–Kier alpha value is -0.940. The van der Waals surface area contributed by atoms with Gasteiger partial charge in [0.25, 0.3) is 0 Å². The van der Waals surface area contributed by atoms with Gasteiger partial charge >= 0.3 is 0 Å². The van der Waals surface area contributed by atoms with Gasteiger partial charge < -0.3 is 0 Å². The van der Waals surface area contributed by atoms with Crippen molar-refractivity contribution in [3.05, 3.63) is 18.0 Å². The van der Waals surface area contributed by atoms with Crippen molar-refractivity contribution in [1.29, 1.82) is 0 Å². The van der Waals surface area contributed by atoms with Gasteiger partial charge in [0.05, 0.1) is 13.3 Å². The third-order valence-electron chi connectivity index (χ3n) is 1.31. The summed E-state index contributed by atoms with van der Waals surface area (Å²) < 4.78 is 0. The molecule has 0 unspecified atom stereocenters. The Morgan fingerprint density at radius 3 is 3.00 bits per heavy atom. The first kappa shape index (κ1) is 8.16. The fourth-order valence-corrected chi connectivity index (χ4v) is 0.819. The van der Waals surface area contributed by atoms with Crippen molar-refractivity contribution >= 4 is 17.2 Å². The average Bonchev–Trinajstić information content (AvgIpc) is 2.53. The van der Waals surface area contributed by atoms with Crippen LogP contribution in [0, 0.1) is 0 Å². The summed E-state index contributed by atoms with van der Waals surface area (Å²) in [5, 5.41) is 7.94. The van der Waals surface area contributed by atoms with Crippen LogP contribution < -0.4 is 0 Å². The van der Waals surface area contributed by atoms with E-state index in [0.29, 0.717) is 4.99 Å². The molecule has 1 heterocycles. The van der Waals surface area contributed by atoms with Gasteiger partial charge in [0.1, 0.15) is 4.99 Å². The molecule has 1 aromatic heterocycles. The predicted octanol–water partition coefficient (Wildman–Crippen LogP) is 0.578.